The first-order valence-electron chi connectivity index (χ1n) is 4.27. The lowest BCUT2D eigenvalue weighted by Gasteiger charge is -2.16. The van der Waals surface area contributed by atoms with E-state index < -0.39 is 12.2 Å². The van der Waals surface area contributed by atoms with Gasteiger partial charge in [-0.15, -0.1) is 0 Å². The Labute approximate surface area is 87.6 Å². The van der Waals surface area contributed by atoms with E-state index in [4.69, 9.17) is 11.6 Å². The number of aliphatic hydroxyl groups excluding tert-OH is 2. The van der Waals surface area contributed by atoms with Gasteiger partial charge in [-0.3, -0.25) is 4.98 Å². The molecule has 78 valence electrons. The Bertz CT molecular complexity index is 279. The number of nitrogens with one attached hydrogen (secondary N) is 1. The molecule has 2 unspecified atom stereocenters. The van der Waals surface area contributed by atoms with Gasteiger partial charge in [0.15, 0.2) is 0 Å². The van der Waals surface area contributed by atoms with Gasteiger partial charge in [0.25, 0.3) is 0 Å². The number of aromatic nitrogens is 1. The fraction of sp³-hybridized carbons (Fsp3) is 0.444. The van der Waals surface area contributed by atoms with Crippen molar-refractivity contribution in [2.75, 3.05) is 13.6 Å². The molecule has 0 aliphatic carbocycles. The van der Waals surface area contributed by atoms with Crippen molar-refractivity contribution in [1.82, 2.24) is 10.3 Å². The molecule has 0 spiro atoms. The van der Waals surface area contributed by atoms with Gasteiger partial charge in [-0.05, 0) is 19.2 Å². The van der Waals surface area contributed by atoms with Crippen LogP contribution in [-0.2, 0) is 0 Å². The van der Waals surface area contributed by atoms with E-state index in [2.05, 4.69) is 10.3 Å². The molecule has 0 amide bonds. The lowest BCUT2D eigenvalue weighted by atomic mass is 10.1. The standard InChI is InChI=1S/C9H13ClN2O2/c1-11-5-8(13)9(14)7-3-2-6(10)4-12-7/h2-4,8-9,11,13-14H,5H2,1H3. The van der Waals surface area contributed by atoms with E-state index in [0.29, 0.717) is 17.3 Å². The maximum Gasteiger partial charge on any atom is 0.123 e. The van der Waals surface area contributed by atoms with Crippen LogP contribution in [0.5, 0.6) is 0 Å². The Morgan fingerprint density at radius 3 is 2.71 bits per heavy atom. The van der Waals surface area contributed by atoms with Crippen molar-refractivity contribution in [2.24, 2.45) is 0 Å². The summed E-state index contributed by atoms with van der Waals surface area (Å²) in [5, 5.41) is 22.3. The molecule has 0 bridgehead atoms. The minimum Gasteiger partial charge on any atom is -0.389 e. The zero-order chi connectivity index (χ0) is 10.6. The van der Waals surface area contributed by atoms with Gasteiger partial charge in [0.05, 0.1) is 16.8 Å². The molecule has 5 heteroatoms. The third kappa shape index (κ3) is 2.92. The fourth-order valence-corrected chi connectivity index (χ4v) is 1.19. The molecular weight excluding hydrogens is 204 g/mol. The van der Waals surface area contributed by atoms with E-state index >= 15 is 0 Å². The highest BCUT2D eigenvalue weighted by atomic mass is 35.5. The number of hydrogen-bond acceptors (Lipinski definition) is 4. The first-order valence-corrected chi connectivity index (χ1v) is 4.65. The average molecular weight is 217 g/mol. The van der Waals surface area contributed by atoms with Crippen LogP contribution in [0.4, 0.5) is 0 Å². The molecule has 4 nitrogen and oxygen atoms in total. The minimum atomic E-state index is -0.986. The predicted molar refractivity (Wildman–Crippen MR) is 54.1 cm³/mol. The normalized spacial score (nSPS) is 15.1. The molecule has 1 aromatic rings. The van der Waals surface area contributed by atoms with Crippen molar-refractivity contribution in [3.63, 3.8) is 0 Å². The van der Waals surface area contributed by atoms with Crippen LogP contribution in [-0.4, -0.2) is 34.9 Å². The Balaban J connectivity index is 2.68. The van der Waals surface area contributed by atoms with Crippen LogP contribution in [0.3, 0.4) is 0 Å². The molecule has 0 saturated heterocycles. The first-order chi connectivity index (χ1) is 6.65. The molecule has 0 saturated carbocycles. The van der Waals surface area contributed by atoms with E-state index in [1.807, 2.05) is 0 Å². The van der Waals surface area contributed by atoms with Crippen molar-refractivity contribution < 1.29 is 10.2 Å². The predicted octanol–water partition coefficient (Wildman–Crippen LogP) is 0.349. The molecular formula is C9H13ClN2O2. The van der Waals surface area contributed by atoms with Crippen LogP contribution in [0.2, 0.25) is 5.02 Å². The van der Waals surface area contributed by atoms with Gasteiger partial charge in [-0.25, -0.2) is 0 Å². The van der Waals surface area contributed by atoms with Gasteiger partial charge >= 0.3 is 0 Å². The summed E-state index contributed by atoms with van der Waals surface area (Å²) in [6.07, 6.45) is -0.417. The molecule has 3 N–H and O–H groups in total. The third-order valence-electron chi connectivity index (χ3n) is 1.83. The van der Waals surface area contributed by atoms with Crippen LogP contribution in [0, 0.1) is 0 Å². The molecule has 2 atom stereocenters. The summed E-state index contributed by atoms with van der Waals surface area (Å²) in [4.78, 5) is 3.91. The highest BCUT2D eigenvalue weighted by Gasteiger charge is 2.18. The van der Waals surface area contributed by atoms with E-state index in [1.54, 1.807) is 19.2 Å². The lowest BCUT2D eigenvalue weighted by Crippen LogP contribution is -2.29. The smallest absolute Gasteiger partial charge is 0.123 e. The summed E-state index contributed by atoms with van der Waals surface area (Å²) in [6, 6.07) is 3.21. The second kappa shape index (κ2) is 5.26. The van der Waals surface area contributed by atoms with Crippen molar-refractivity contribution in [2.45, 2.75) is 12.2 Å². The van der Waals surface area contributed by atoms with Gasteiger partial charge in [0, 0.05) is 12.7 Å². The van der Waals surface area contributed by atoms with Gasteiger partial charge in [-0.2, -0.15) is 0 Å². The van der Waals surface area contributed by atoms with Gasteiger partial charge in [-0.1, -0.05) is 11.6 Å². The Morgan fingerprint density at radius 1 is 1.50 bits per heavy atom. The Hall–Kier alpha value is -0.680. The number of likely N-dealkylation sites (N-methyl/N-ethyl adjacent to an activating group) is 1. The van der Waals surface area contributed by atoms with Crippen LogP contribution >= 0.6 is 11.6 Å². The Kier molecular flexibility index (Phi) is 4.28. The second-order valence-electron chi connectivity index (χ2n) is 2.97. The van der Waals surface area contributed by atoms with Gasteiger partial charge < -0.3 is 15.5 Å². The van der Waals surface area contributed by atoms with Crippen molar-refractivity contribution >= 4 is 11.6 Å². The molecule has 1 rings (SSSR count). The summed E-state index contributed by atoms with van der Waals surface area (Å²) in [5.41, 5.74) is 0.414. The topological polar surface area (TPSA) is 65.4 Å². The van der Waals surface area contributed by atoms with E-state index in [1.165, 1.54) is 6.20 Å². The van der Waals surface area contributed by atoms with Crippen molar-refractivity contribution in [3.8, 4) is 0 Å². The number of aliphatic hydroxyl groups is 2. The molecule has 1 aromatic heterocycles. The number of rotatable bonds is 4. The SMILES string of the molecule is CNCC(O)C(O)c1ccc(Cl)cn1. The molecule has 0 aromatic carbocycles. The summed E-state index contributed by atoms with van der Waals surface area (Å²) in [5.74, 6) is 0. The third-order valence-corrected chi connectivity index (χ3v) is 2.05. The lowest BCUT2D eigenvalue weighted by molar-refractivity contribution is 0.0177. The van der Waals surface area contributed by atoms with Gasteiger partial charge in [0.1, 0.15) is 6.10 Å². The zero-order valence-corrected chi connectivity index (χ0v) is 8.57. The molecule has 1 heterocycles. The number of pyridine rings is 1. The van der Waals surface area contributed by atoms with Crippen LogP contribution in [0.15, 0.2) is 18.3 Å². The van der Waals surface area contributed by atoms with E-state index in [0.717, 1.165) is 0 Å². The van der Waals surface area contributed by atoms with E-state index in [-0.39, 0.29) is 0 Å². The highest BCUT2D eigenvalue weighted by Crippen LogP contribution is 2.15. The number of halogens is 1. The summed E-state index contributed by atoms with van der Waals surface area (Å²) >= 11 is 5.64. The first kappa shape index (κ1) is 11.4. The fourth-order valence-electron chi connectivity index (χ4n) is 1.08. The average Bonchev–Trinajstić information content (AvgIpc) is 2.18. The summed E-state index contributed by atoms with van der Waals surface area (Å²) in [6.45, 7) is 0.311. The number of hydrogen-bond donors (Lipinski definition) is 3. The van der Waals surface area contributed by atoms with Crippen LogP contribution in [0.25, 0.3) is 0 Å². The monoisotopic (exact) mass is 216 g/mol. The highest BCUT2D eigenvalue weighted by molar-refractivity contribution is 6.30. The quantitative estimate of drug-likeness (QED) is 0.680. The van der Waals surface area contributed by atoms with Crippen molar-refractivity contribution in [3.05, 3.63) is 29.0 Å². The van der Waals surface area contributed by atoms with E-state index in [9.17, 15) is 10.2 Å². The van der Waals surface area contributed by atoms with Crippen molar-refractivity contribution in [1.29, 1.82) is 0 Å². The maximum atomic E-state index is 9.62. The summed E-state index contributed by atoms with van der Waals surface area (Å²) in [7, 11) is 1.70. The molecule has 0 aliphatic rings. The Morgan fingerprint density at radius 2 is 2.21 bits per heavy atom. The van der Waals surface area contributed by atoms with Gasteiger partial charge in [0.2, 0.25) is 0 Å². The molecule has 0 radical (unpaired) electrons. The summed E-state index contributed by atoms with van der Waals surface area (Å²) < 4.78 is 0. The maximum absolute atomic E-state index is 9.62. The van der Waals surface area contributed by atoms with Crippen LogP contribution < -0.4 is 5.32 Å². The van der Waals surface area contributed by atoms with Crippen LogP contribution in [0.1, 0.15) is 11.8 Å². The molecule has 14 heavy (non-hydrogen) atoms. The minimum absolute atomic E-state index is 0.311. The molecule has 0 aliphatic heterocycles. The number of nitrogens with zero attached hydrogens (tertiary/aromatic N) is 1. The largest absolute Gasteiger partial charge is 0.389 e. The zero-order valence-electron chi connectivity index (χ0n) is 7.81. The molecule has 0 fully saturated rings. The second-order valence-corrected chi connectivity index (χ2v) is 3.41.